The molecule has 0 aromatic heterocycles. The van der Waals surface area contributed by atoms with Crippen molar-refractivity contribution in [3.05, 3.63) is 113 Å². The minimum absolute atomic E-state index is 0.0658. The lowest BCUT2D eigenvalue weighted by molar-refractivity contribution is -0.150. The SMILES string of the molecule is COc1ccc([Si](C)(C)[C@H]2[C@H](CC(=O)N3CCC[C@H]3CO)O[C@@]3(C(=O)N(Cc4cccc(N(C=O)c5ccccc5)c4)c4ccc(Cl)cc43)[C@@H]2C)cc1. The third kappa shape index (κ3) is 6.45. The second kappa shape index (κ2) is 14.7. The average molecular weight is 752 g/mol. The van der Waals surface area contributed by atoms with Crippen LogP contribution in [0.25, 0.3) is 0 Å². The quantitative estimate of drug-likeness (QED) is 0.134. The smallest absolute Gasteiger partial charge is 0.264 e. The monoisotopic (exact) mass is 751 g/mol. The highest BCUT2D eigenvalue weighted by molar-refractivity contribution is 6.91. The Morgan fingerprint density at radius 2 is 1.77 bits per heavy atom. The van der Waals surface area contributed by atoms with Crippen molar-refractivity contribution in [2.75, 3.05) is 30.1 Å². The Balaban J connectivity index is 1.28. The van der Waals surface area contributed by atoms with Gasteiger partial charge in [0.15, 0.2) is 5.60 Å². The normalized spacial score (nSPS) is 23.8. The largest absolute Gasteiger partial charge is 0.497 e. The molecule has 0 unspecified atom stereocenters. The molecule has 0 saturated carbocycles. The van der Waals surface area contributed by atoms with Gasteiger partial charge in [-0.05, 0) is 78.5 Å². The topological polar surface area (TPSA) is 99.6 Å². The number of rotatable bonds is 11. The number of methoxy groups -OCH3 is 1. The maximum absolute atomic E-state index is 15.2. The third-order valence-electron chi connectivity index (χ3n) is 11.8. The van der Waals surface area contributed by atoms with Gasteiger partial charge in [-0.1, -0.05) is 79.3 Å². The Morgan fingerprint density at radius 1 is 1.04 bits per heavy atom. The van der Waals surface area contributed by atoms with Gasteiger partial charge >= 0.3 is 0 Å². The molecule has 3 aliphatic heterocycles. The molecule has 53 heavy (non-hydrogen) atoms. The van der Waals surface area contributed by atoms with Crippen LogP contribution >= 0.6 is 11.6 Å². The van der Waals surface area contributed by atoms with E-state index in [1.165, 1.54) is 5.19 Å². The highest BCUT2D eigenvalue weighted by Gasteiger charge is 2.66. The number of halogens is 1. The van der Waals surface area contributed by atoms with Crippen LogP contribution in [-0.4, -0.2) is 68.7 Å². The molecular formula is C42H46ClN3O6Si. The molecule has 9 nitrogen and oxygen atoms in total. The number of aliphatic hydroxyl groups is 1. The fraction of sp³-hybridized carbons (Fsp3) is 0.357. The van der Waals surface area contributed by atoms with Crippen molar-refractivity contribution in [2.45, 2.75) is 69.1 Å². The van der Waals surface area contributed by atoms with Gasteiger partial charge in [-0.25, -0.2) is 0 Å². The maximum Gasteiger partial charge on any atom is 0.264 e. The molecule has 3 heterocycles. The number of hydrogen-bond acceptors (Lipinski definition) is 6. The Bertz CT molecular complexity index is 1990. The van der Waals surface area contributed by atoms with Crippen LogP contribution in [0.3, 0.4) is 0 Å². The zero-order valence-electron chi connectivity index (χ0n) is 30.6. The molecule has 3 aliphatic rings. The molecule has 4 aromatic rings. The second-order valence-electron chi connectivity index (χ2n) is 15.0. The number of anilines is 3. The summed E-state index contributed by atoms with van der Waals surface area (Å²) in [4.78, 5) is 46.7. The fourth-order valence-electron chi connectivity index (χ4n) is 9.13. The van der Waals surface area contributed by atoms with Crippen LogP contribution in [-0.2, 0) is 31.3 Å². The molecule has 7 rings (SSSR count). The van der Waals surface area contributed by atoms with Crippen LogP contribution in [0.5, 0.6) is 5.75 Å². The summed E-state index contributed by atoms with van der Waals surface area (Å²) in [5.74, 6) is 0.178. The van der Waals surface area contributed by atoms with Crippen LogP contribution in [0, 0.1) is 5.92 Å². The number of amides is 3. The summed E-state index contributed by atoms with van der Waals surface area (Å²) in [6.45, 7) is 7.42. The predicted molar refractivity (Wildman–Crippen MR) is 210 cm³/mol. The summed E-state index contributed by atoms with van der Waals surface area (Å²) >= 11 is 6.70. The van der Waals surface area contributed by atoms with E-state index < -0.39 is 19.8 Å². The van der Waals surface area contributed by atoms with Crippen molar-refractivity contribution >= 4 is 60.1 Å². The molecule has 4 aromatic carbocycles. The first-order valence-electron chi connectivity index (χ1n) is 18.3. The molecule has 2 fully saturated rings. The summed E-state index contributed by atoms with van der Waals surface area (Å²) in [6, 6.07) is 30.5. The first-order valence-corrected chi connectivity index (χ1v) is 21.7. The van der Waals surface area contributed by atoms with Crippen LogP contribution in [0.4, 0.5) is 17.1 Å². The number of carbonyl (C=O) groups is 3. The first-order chi connectivity index (χ1) is 25.5. The summed E-state index contributed by atoms with van der Waals surface area (Å²) < 4.78 is 12.6. The first kappa shape index (κ1) is 36.9. The van der Waals surface area contributed by atoms with E-state index in [-0.39, 0.29) is 48.9 Å². The molecule has 276 valence electrons. The number of likely N-dealkylation sites (tertiary alicyclic amines) is 1. The number of hydrogen-bond donors (Lipinski definition) is 1. The standard InChI is InChI=1S/C42H46ClN3O6Si/c1-28-40(53(3,4)35-18-16-34(51-2)17-19-35)38(24-39(49)44-21-9-14-33(44)26-47)52-42(28)36-23-30(43)15-20-37(36)45(41(42)50)25-29-10-8-13-32(22-29)46(27-48)31-11-6-5-7-12-31/h5-8,10-13,15-20,22-23,27-28,33,38,40,47H,9,14,21,24-26H2,1-4H3/t28-,33+,38+,40-,42+/m1/s1. The summed E-state index contributed by atoms with van der Waals surface area (Å²) in [7, 11) is -0.849. The lowest BCUT2D eigenvalue weighted by Gasteiger charge is -2.37. The van der Waals surface area contributed by atoms with Gasteiger partial charge < -0.3 is 24.4 Å². The van der Waals surface area contributed by atoms with E-state index in [1.54, 1.807) is 27.9 Å². The number of carbonyl (C=O) groups excluding carboxylic acids is 3. The van der Waals surface area contributed by atoms with E-state index in [9.17, 15) is 14.7 Å². The van der Waals surface area contributed by atoms with E-state index in [0.717, 1.165) is 36.3 Å². The van der Waals surface area contributed by atoms with E-state index in [4.69, 9.17) is 21.1 Å². The Kier molecular flexibility index (Phi) is 10.3. The van der Waals surface area contributed by atoms with E-state index in [0.29, 0.717) is 28.5 Å². The molecule has 0 aliphatic carbocycles. The molecule has 1 spiro atoms. The molecule has 11 heteroatoms. The van der Waals surface area contributed by atoms with Crippen molar-refractivity contribution in [1.82, 2.24) is 4.90 Å². The summed E-state index contributed by atoms with van der Waals surface area (Å²) in [5.41, 5.74) is 2.14. The Morgan fingerprint density at radius 3 is 2.47 bits per heavy atom. The second-order valence-corrected chi connectivity index (χ2v) is 20.1. The zero-order valence-corrected chi connectivity index (χ0v) is 32.3. The van der Waals surface area contributed by atoms with Crippen LogP contribution in [0.2, 0.25) is 23.7 Å². The lowest BCUT2D eigenvalue weighted by Crippen LogP contribution is -2.52. The number of nitrogens with zero attached hydrogens (tertiary/aromatic N) is 3. The minimum Gasteiger partial charge on any atom is -0.497 e. The highest BCUT2D eigenvalue weighted by Crippen LogP contribution is 2.60. The molecule has 3 amide bonds. The fourth-order valence-corrected chi connectivity index (χ4v) is 13.3. The maximum atomic E-state index is 15.2. The number of ether oxygens (including phenoxy) is 2. The average Bonchev–Trinajstić information content (AvgIpc) is 3.83. The van der Waals surface area contributed by atoms with Crippen LogP contribution in [0.1, 0.15) is 37.3 Å². The van der Waals surface area contributed by atoms with Gasteiger partial charge in [-0.2, -0.15) is 0 Å². The molecular weight excluding hydrogens is 706 g/mol. The van der Waals surface area contributed by atoms with Gasteiger partial charge in [0.1, 0.15) is 5.75 Å². The van der Waals surface area contributed by atoms with Crippen molar-refractivity contribution in [3.8, 4) is 5.75 Å². The van der Waals surface area contributed by atoms with Gasteiger partial charge in [0.25, 0.3) is 5.91 Å². The Hall–Kier alpha value is -4.48. The number of benzene rings is 4. The van der Waals surface area contributed by atoms with E-state index in [2.05, 4.69) is 32.2 Å². The zero-order chi connectivity index (χ0) is 37.5. The lowest BCUT2D eigenvalue weighted by atomic mass is 9.82. The van der Waals surface area contributed by atoms with E-state index >= 15 is 4.79 Å². The van der Waals surface area contributed by atoms with Gasteiger partial charge in [0.2, 0.25) is 12.3 Å². The molecule has 0 radical (unpaired) electrons. The van der Waals surface area contributed by atoms with Crippen LogP contribution in [0.15, 0.2) is 97.1 Å². The van der Waals surface area contributed by atoms with Crippen molar-refractivity contribution in [3.63, 3.8) is 0 Å². The molecule has 2 saturated heterocycles. The van der Waals surface area contributed by atoms with Gasteiger partial charge in [-0.3, -0.25) is 19.3 Å². The Labute approximate surface area is 317 Å². The molecule has 0 bridgehead atoms. The highest BCUT2D eigenvalue weighted by atomic mass is 35.5. The van der Waals surface area contributed by atoms with Crippen molar-refractivity contribution in [2.24, 2.45) is 5.92 Å². The van der Waals surface area contributed by atoms with E-state index in [1.807, 2.05) is 78.9 Å². The van der Waals surface area contributed by atoms with Gasteiger partial charge in [0.05, 0.1) is 52.6 Å². The predicted octanol–water partition coefficient (Wildman–Crippen LogP) is 6.78. The molecule has 1 N–H and O–H groups in total. The van der Waals surface area contributed by atoms with Crippen LogP contribution < -0.4 is 19.7 Å². The van der Waals surface area contributed by atoms with Gasteiger partial charge in [0, 0.05) is 34.4 Å². The van der Waals surface area contributed by atoms with Gasteiger partial charge in [-0.15, -0.1) is 0 Å². The number of para-hydroxylation sites is 1. The number of fused-ring (bicyclic) bond motifs is 2. The molecule has 5 atom stereocenters. The minimum atomic E-state index is -2.49. The van der Waals surface area contributed by atoms with Crippen molar-refractivity contribution in [1.29, 1.82) is 0 Å². The number of aliphatic hydroxyl groups excluding tert-OH is 1. The van der Waals surface area contributed by atoms with Crippen molar-refractivity contribution < 1.29 is 29.0 Å². The summed E-state index contributed by atoms with van der Waals surface area (Å²) in [5, 5.41) is 11.7. The third-order valence-corrected chi connectivity index (χ3v) is 16.3. The summed E-state index contributed by atoms with van der Waals surface area (Å²) in [6.07, 6.45) is 1.94.